The van der Waals surface area contributed by atoms with Crippen molar-refractivity contribution < 1.29 is 14.0 Å². The molecule has 1 aromatic carbocycles. The highest BCUT2D eigenvalue weighted by Gasteiger charge is 2.19. The highest BCUT2D eigenvalue weighted by molar-refractivity contribution is 7.18. The Morgan fingerprint density at radius 1 is 1.14 bits per heavy atom. The van der Waals surface area contributed by atoms with Crippen molar-refractivity contribution >= 4 is 39.5 Å². The van der Waals surface area contributed by atoms with Gasteiger partial charge in [-0.3, -0.25) is 9.59 Å². The number of hydrogen-bond donors (Lipinski definition) is 2. The Kier molecular flexibility index (Phi) is 5.40. The van der Waals surface area contributed by atoms with Gasteiger partial charge in [0.15, 0.2) is 5.76 Å². The minimum absolute atomic E-state index is 0.187. The van der Waals surface area contributed by atoms with E-state index in [1.165, 1.54) is 29.7 Å². The highest BCUT2D eigenvalue weighted by Crippen LogP contribution is 2.29. The lowest BCUT2D eigenvalue weighted by atomic mass is 10.2. The van der Waals surface area contributed by atoms with Gasteiger partial charge < -0.3 is 20.0 Å². The molecule has 0 radical (unpaired) electrons. The predicted molar refractivity (Wildman–Crippen MR) is 116 cm³/mol. The lowest BCUT2D eigenvalue weighted by molar-refractivity contribution is 0.0995. The molecule has 1 unspecified atom stereocenters. The first kappa shape index (κ1) is 19.3. The molecule has 1 saturated heterocycles. The van der Waals surface area contributed by atoms with E-state index in [9.17, 15) is 9.59 Å². The third kappa shape index (κ3) is 4.35. The number of aryl methyl sites for hydroxylation is 1. The molecule has 1 aliphatic rings. The summed E-state index contributed by atoms with van der Waals surface area (Å²) in [4.78, 5) is 27.8. The maximum absolute atomic E-state index is 12.7. The highest BCUT2D eigenvalue weighted by atomic mass is 32.1. The van der Waals surface area contributed by atoms with E-state index in [2.05, 4.69) is 22.5 Å². The third-order valence-electron chi connectivity index (χ3n) is 5.02. The molecular formula is C22H23N3O3S. The first-order valence-electron chi connectivity index (χ1n) is 9.61. The van der Waals surface area contributed by atoms with Crippen molar-refractivity contribution in [2.45, 2.75) is 20.3 Å². The van der Waals surface area contributed by atoms with Gasteiger partial charge in [-0.1, -0.05) is 6.92 Å². The molecule has 7 heteroatoms. The van der Waals surface area contributed by atoms with Gasteiger partial charge in [0, 0.05) is 24.5 Å². The monoisotopic (exact) mass is 409 g/mol. The average molecular weight is 410 g/mol. The second-order valence-electron chi connectivity index (χ2n) is 7.40. The fourth-order valence-corrected chi connectivity index (χ4v) is 4.43. The smallest absolute Gasteiger partial charge is 0.291 e. The number of carbonyl (C=O) groups excluding carboxylic acids is 2. The van der Waals surface area contributed by atoms with Crippen LogP contribution in [0, 0.1) is 12.8 Å². The summed E-state index contributed by atoms with van der Waals surface area (Å²) in [6.07, 6.45) is 2.66. The van der Waals surface area contributed by atoms with Gasteiger partial charge in [0.05, 0.1) is 16.1 Å². The topological polar surface area (TPSA) is 74.6 Å². The van der Waals surface area contributed by atoms with Gasteiger partial charge in [-0.15, -0.1) is 11.3 Å². The van der Waals surface area contributed by atoms with Crippen LogP contribution in [0.25, 0.3) is 0 Å². The van der Waals surface area contributed by atoms with Gasteiger partial charge in [-0.25, -0.2) is 0 Å². The van der Waals surface area contributed by atoms with E-state index in [1.54, 1.807) is 18.2 Å². The molecular weight excluding hydrogens is 386 g/mol. The Morgan fingerprint density at radius 3 is 2.59 bits per heavy atom. The molecule has 6 nitrogen and oxygen atoms in total. The van der Waals surface area contributed by atoms with E-state index in [-0.39, 0.29) is 17.6 Å². The van der Waals surface area contributed by atoms with Crippen molar-refractivity contribution in [1.29, 1.82) is 0 Å². The van der Waals surface area contributed by atoms with E-state index in [4.69, 9.17) is 4.42 Å². The third-order valence-corrected chi connectivity index (χ3v) is 6.17. The van der Waals surface area contributed by atoms with E-state index < -0.39 is 0 Å². The summed E-state index contributed by atoms with van der Waals surface area (Å²) in [6.45, 7) is 6.27. The number of amides is 2. The largest absolute Gasteiger partial charge is 0.459 e. The van der Waals surface area contributed by atoms with Crippen molar-refractivity contribution in [3.63, 3.8) is 0 Å². The van der Waals surface area contributed by atoms with Crippen molar-refractivity contribution in [2.24, 2.45) is 5.92 Å². The summed E-state index contributed by atoms with van der Waals surface area (Å²) in [5, 5.41) is 6.31. The number of hydrogen-bond acceptors (Lipinski definition) is 5. The van der Waals surface area contributed by atoms with Crippen LogP contribution in [0.5, 0.6) is 0 Å². The Labute approximate surface area is 173 Å². The average Bonchev–Trinajstić information content (AvgIpc) is 3.44. The second-order valence-corrected chi connectivity index (χ2v) is 8.45. The summed E-state index contributed by atoms with van der Waals surface area (Å²) >= 11 is 1.24. The normalized spacial score (nSPS) is 16.1. The molecule has 0 saturated carbocycles. The number of furan rings is 1. The fraction of sp³-hybridized carbons (Fsp3) is 0.273. The first-order valence-corrected chi connectivity index (χ1v) is 10.4. The van der Waals surface area contributed by atoms with E-state index in [0.29, 0.717) is 9.88 Å². The lowest BCUT2D eigenvalue weighted by Gasteiger charge is -2.18. The number of thiophene rings is 1. The molecule has 3 heterocycles. The van der Waals surface area contributed by atoms with Gasteiger partial charge in [0.1, 0.15) is 0 Å². The quantitative estimate of drug-likeness (QED) is 0.622. The van der Waals surface area contributed by atoms with Crippen molar-refractivity contribution in [2.75, 3.05) is 28.6 Å². The molecule has 150 valence electrons. The van der Waals surface area contributed by atoms with Gasteiger partial charge in [-0.2, -0.15) is 0 Å². The zero-order valence-electron chi connectivity index (χ0n) is 16.4. The van der Waals surface area contributed by atoms with Crippen LogP contribution >= 0.6 is 11.3 Å². The number of nitrogens with one attached hydrogen (secondary N) is 2. The lowest BCUT2D eigenvalue weighted by Crippen LogP contribution is -2.19. The van der Waals surface area contributed by atoms with Crippen molar-refractivity contribution in [1.82, 2.24) is 0 Å². The Balaban J connectivity index is 1.40. The van der Waals surface area contributed by atoms with Crippen LogP contribution in [-0.2, 0) is 0 Å². The van der Waals surface area contributed by atoms with Gasteiger partial charge in [0.25, 0.3) is 11.8 Å². The van der Waals surface area contributed by atoms with Gasteiger partial charge in [-0.05, 0) is 67.3 Å². The van der Waals surface area contributed by atoms with Gasteiger partial charge >= 0.3 is 0 Å². The zero-order chi connectivity index (χ0) is 20.4. The second kappa shape index (κ2) is 8.13. The maximum Gasteiger partial charge on any atom is 0.291 e. The van der Waals surface area contributed by atoms with Crippen LogP contribution in [0.2, 0.25) is 0 Å². The van der Waals surface area contributed by atoms with Crippen molar-refractivity contribution in [3.8, 4) is 0 Å². The molecule has 0 aliphatic carbocycles. The summed E-state index contributed by atoms with van der Waals surface area (Å²) < 4.78 is 5.09. The summed E-state index contributed by atoms with van der Waals surface area (Å²) in [5.41, 5.74) is 2.74. The number of nitrogens with zero attached hydrogens (tertiary/aromatic N) is 1. The Morgan fingerprint density at radius 2 is 1.93 bits per heavy atom. The molecule has 29 heavy (non-hydrogen) atoms. The predicted octanol–water partition coefficient (Wildman–Crippen LogP) is 5.00. The maximum atomic E-state index is 12.7. The van der Waals surface area contributed by atoms with Crippen LogP contribution < -0.4 is 15.5 Å². The van der Waals surface area contributed by atoms with Crippen LogP contribution in [0.4, 0.5) is 16.4 Å². The molecule has 1 fully saturated rings. The van der Waals surface area contributed by atoms with E-state index in [0.717, 1.165) is 30.3 Å². The van der Waals surface area contributed by atoms with Crippen LogP contribution in [0.1, 0.15) is 39.1 Å². The number of anilines is 3. The number of carbonyl (C=O) groups is 2. The number of benzene rings is 1. The van der Waals surface area contributed by atoms with Crippen LogP contribution in [0.3, 0.4) is 0 Å². The fourth-order valence-electron chi connectivity index (χ4n) is 3.46. The van der Waals surface area contributed by atoms with Crippen molar-refractivity contribution in [3.05, 3.63) is 64.9 Å². The van der Waals surface area contributed by atoms with E-state index >= 15 is 0 Å². The van der Waals surface area contributed by atoms with Crippen LogP contribution in [0.15, 0.2) is 53.1 Å². The zero-order valence-corrected chi connectivity index (χ0v) is 17.2. The molecule has 2 aromatic heterocycles. The van der Waals surface area contributed by atoms with Gasteiger partial charge in [0.2, 0.25) is 0 Å². The Bertz CT molecular complexity index is 1010. The van der Waals surface area contributed by atoms with E-state index in [1.807, 2.05) is 31.2 Å². The molecule has 3 aromatic rings. The molecule has 2 N–H and O–H groups in total. The molecule has 0 spiro atoms. The summed E-state index contributed by atoms with van der Waals surface area (Å²) in [7, 11) is 0. The molecule has 1 atom stereocenters. The first-order chi connectivity index (χ1) is 14.0. The molecule has 1 aliphatic heterocycles. The molecule has 4 rings (SSSR count). The molecule has 2 amide bonds. The minimum Gasteiger partial charge on any atom is -0.459 e. The Hall–Kier alpha value is -3.06. The van der Waals surface area contributed by atoms with Crippen LogP contribution in [-0.4, -0.2) is 24.9 Å². The molecule has 0 bridgehead atoms. The minimum atomic E-state index is -0.338. The number of rotatable bonds is 5. The SMILES string of the molecule is Cc1cc(NC(=O)c2ccco2)sc1C(=O)Nc1ccc(N2CCC(C)C2)cc1. The standard InChI is InChI=1S/C22H23N3O3S/c1-14-9-10-25(13-14)17-7-5-16(6-8-17)23-22(27)20-15(2)12-19(29-20)24-21(26)18-4-3-11-28-18/h3-8,11-12,14H,9-10,13H2,1-2H3,(H,23,27)(H,24,26). The summed E-state index contributed by atoms with van der Waals surface area (Å²) in [6, 6.07) is 13.0. The summed E-state index contributed by atoms with van der Waals surface area (Å²) in [5.74, 6) is 0.428.